The van der Waals surface area contributed by atoms with Crippen LogP contribution in [0.25, 0.3) is 0 Å². The van der Waals surface area contributed by atoms with Crippen molar-refractivity contribution in [1.29, 1.82) is 0 Å². The zero-order valence-electron chi connectivity index (χ0n) is 17.3. The number of amides is 1. The van der Waals surface area contributed by atoms with E-state index in [2.05, 4.69) is 59.8 Å². The van der Waals surface area contributed by atoms with Crippen molar-refractivity contribution in [2.45, 2.75) is 72.1 Å². The fourth-order valence-corrected chi connectivity index (χ4v) is 3.29. The lowest BCUT2D eigenvalue weighted by Gasteiger charge is -2.32. The summed E-state index contributed by atoms with van der Waals surface area (Å²) < 4.78 is 5.85. The van der Waals surface area contributed by atoms with E-state index in [1.165, 1.54) is 22.3 Å². The molecule has 142 valence electrons. The van der Waals surface area contributed by atoms with Crippen LogP contribution in [0.5, 0.6) is 5.75 Å². The molecule has 1 amide bonds. The van der Waals surface area contributed by atoms with Gasteiger partial charge < -0.3 is 15.8 Å². The van der Waals surface area contributed by atoms with Gasteiger partial charge in [0.25, 0.3) is 0 Å². The number of hydrogen-bond acceptors (Lipinski definition) is 3. The highest BCUT2D eigenvalue weighted by Gasteiger charge is 2.29. The minimum Gasteiger partial charge on any atom is -0.496 e. The highest BCUT2D eigenvalue weighted by Crippen LogP contribution is 2.43. The van der Waals surface area contributed by atoms with E-state index in [0.29, 0.717) is 19.5 Å². The smallest absolute Gasteiger partial charge is 0.220 e. The lowest BCUT2D eigenvalue weighted by Crippen LogP contribution is -2.29. The third kappa shape index (κ3) is 5.46. The molecule has 0 bridgehead atoms. The minimum absolute atomic E-state index is 0.0321. The monoisotopic (exact) mass is 348 g/mol. The van der Waals surface area contributed by atoms with Crippen molar-refractivity contribution in [1.82, 2.24) is 5.32 Å². The van der Waals surface area contributed by atoms with Crippen molar-refractivity contribution < 1.29 is 9.53 Å². The summed E-state index contributed by atoms with van der Waals surface area (Å²) in [6.45, 7) is 16.4. The first kappa shape index (κ1) is 21.5. The summed E-state index contributed by atoms with van der Waals surface area (Å²) in [5.74, 6) is 1.03. The number of ether oxygens (including phenoxy) is 1. The third-order valence-corrected chi connectivity index (χ3v) is 4.50. The van der Waals surface area contributed by atoms with E-state index in [-0.39, 0.29) is 16.7 Å². The fraction of sp³-hybridized carbons (Fsp3) is 0.667. The van der Waals surface area contributed by atoms with E-state index < -0.39 is 0 Å². The topological polar surface area (TPSA) is 64.3 Å². The molecule has 0 aliphatic rings. The molecule has 0 atom stereocenters. The van der Waals surface area contributed by atoms with Crippen LogP contribution in [0.4, 0.5) is 0 Å². The Labute approximate surface area is 153 Å². The molecule has 4 heteroatoms. The standard InChI is InChI=1S/C21H36N2O2/c1-14-15(9-10-17(24)23-12-11-22)13-16(20(2,3)4)19(25-8)18(14)21(5,6)7/h13H,9-12,22H2,1-8H3,(H,23,24). The number of carbonyl (C=O) groups excluding carboxylic acids is 1. The number of carbonyl (C=O) groups is 1. The van der Waals surface area contributed by atoms with E-state index in [9.17, 15) is 4.79 Å². The fourth-order valence-electron chi connectivity index (χ4n) is 3.29. The highest BCUT2D eigenvalue weighted by molar-refractivity contribution is 5.76. The van der Waals surface area contributed by atoms with Gasteiger partial charge in [0, 0.05) is 30.6 Å². The maximum atomic E-state index is 12.0. The van der Waals surface area contributed by atoms with Gasteiger partial charge in [0.1, 0.15) is 5.75 Å². The summed E-state index contributed by atoms with van der Waals surface area (Å²) in [5.41, 5.74) is 10.3. The number of benzene rings is 1. The number of nitrogens with one attached hydrogen (secondary N) is 1. The number of nitrogens with two attached hydrogens (primary N) is 1. The first-order valence-electron chi connectivity index (χ1n) is 9.11. The molecule has 0 saturated heterocycles. The molecule has 3 N–H and O–H groups in total. The number of methoxy groups -OCH3 is 1. The van der Waals surface area contributed by atoms with Gasteiger partial charge in [0.15, 0.2) is 0 Å². The van der Waals surface area contributed by atoms with E-state index in [1.807, 2.05) is 0 Å². The van der Waals surface area contributed by atoms with Gasteiger partial charge in [-0.2, -0.15) is 0 Å². The van der Waals surface area contributed by atoms with Gasteiger partial charge in [-0.25, -0.2) is 0 Å². The van der Waals surface area contributed by atoms with Crippen LogP contribution in [0.1, 0.15) is 70.2 Å². The zero-order chi connectivity index (χ0) is 19.4. The molecule has 1 aromatic rings. The Morgan fingerprint density at radius 3 is 2.20 bits per heavy atom. The first-order valence-corrected chi connectivity index (χ1v) is 9.11. The largest absolute Gasteiger partial charge is 0.496 e. The van der Waals surface area contributed by atoms with Crippen LogP contribution < -0.4 is 15.8 Å². The van der Waals surface area contributed by atoms with Crippen molar-refractivity contribution in [3.8, 4) is 5.75 Å². The SMILES string of the molecule is COc1c(C(C)(C)C)cc(CCC(=O)NCCN)c(C)c1C(C)(C)C. The van der Waals surface area contributed by atoms with E-state index >= 15 is 0 Å². The lowest BCUT2D eigenvalue weighted by molar-refractivity contribution is -0.120. The predicted molar refractivity (Wildman–Crippen MR) is 106 cm³/mol. The Balaban J connectivity index is 3.37. The number of rotatable bonds is 6. The van der Waals surface area contributed by atoms with Gasteiger partial charge in [-0.05, 0) is 35.3 Å². The van der Waals surface area contributed by atoms with Crippen molar-refractivity contribution in [3.63, 3.8) is 0 Å². The van der Waals surface area contributed by atoms with Crippen molar-refractivity contribution in [3.05, 3.63) is 28.3 Å². The maximum Gasteiger partial charge on any atom is 0.220 e. The van der Waals surface area contributed by atoms with Gasteiger partial charge in [0.2, 0.25) is 5.91 Å². The van der Waals surface area contributed by atoms with Crippen LogP contribution in [0.15, 0.2) is 6.07 Å². The molecule has 0 heterocycles. The Hall–Kier alpha value is -1.55. The molecule has 0 aliphatic heterocycles. The quantitative estimate of drug-likeness (QED) is 0.825. The van der Waals surface area contributed by atoms with Gasteiger partial charge in [0.05, 0.1) is 7.11 Å². The molecule has 1 rings (SSSR count). The maximum absolute atomic E-state index is 12.0. The van der Waals surface area contributed by atoms with Crippen molar-refractivity contribution in [2.24, 2.45) is 5.73 Å². The molecule has 0 unspecified atom stereocenters. The summed E-state index contributed by atoms with van der Waals surface area (Å²) in [7, 11) is 1.75. The van der Waals surface area contributed by atoms with Gasteiger partial charge in [-0.3, -0.25) is 4.79 Å². The number of aryl methyl sites for hydroxylation is 1. The molecule has 4 nitrogen and oxygen atoms in total. The molecule has 0 aromatic heterocycles. The van der Waals surface area contributed by atoms with Gasteiger partial charge in [-0.15, -0.1) is 0 Å². The van der Waals surface area contributed by atoms with E-state index in [1.54, 1.807) is 7.11 Å². The normalized spacial score (nSPS) is 12.2. The summed E-state index contributed by atoms with van der Waals surface area (Å²) in [5, 5.41) is 2.85. The molecular weight excluding hydrogens is 312 g/mol. The molecule has 0 spiro atoms. The first-order chi connectivity index (χ1) is 11.4. The van der Waals surface area contributed by atoms with Crippen LogP contribution in [-0.4, -0.2) is 26.1 Å². The number of hydrogen-bond donors (Lipinski definition) is 2. The molecular formula is C21H36N2O2. The van der Waals surface area contributed by atoms with E-state index in [4.69, 9.17) is 10.5 Å². The Morgan fingerprint density at radius 2 is 1.76 bits per heavy atom. The molecule has 25 heavy (non-hydrogen) atoms. The van der Waals surface area contributed by atoms with Crippen LogP contribution in [0.2, 0.25) is 0 Å². The second-order valence-electron chi connectivity index (χ2n) is 8.76. The summed E-state index contributed by atoms with van der Waals surface area (Å²) in [4.78, 5) is 12.0. The molecule has 0 fully saturated rings. The predicted octanol–water partition coefficient (Wildman–Crippen LogP) is 3.61. The minimum atomic E-state index is -0.0345. The summed E-state index contributed by atoms with van der Waals surface area (Å²) in [6.07, 6.45) is 1.19. The van der Waals surface area contributed by atoms with Crippen LogP contribution in [-0.2, 0) is 22.0 Å². The molecule has 0 saturated carbocycles. The van der Waals surface area contributed by atoms with Crippen LogP contribution in [0, 0.1) is 6.92 Å². The third-order valence-electron chi connectivity index (χ3n) is 4.50. The Kier molecular flexibility index (Phi) is 7.07. The van der Waals surface area contributed by atoms with Crippen LogP contribution in [0.3, 0.4) is 0 Å². The second kappa shape index (κ2) is 8.22. The van der Waals surface area contributed by atoms with Crippen molar-refractivity contribution >= 4 is 5.91 Å². The molecule has 1 aromatic carbocycles. The average Bonchev–Trinajstić information content (AvgIpc) is 2.48. The second-order valence-corrected chi connectivity index (χ2v) is 8.76. The Morgan fingerprint density at radius 1 is 1.16 bits per heavy atom. The van der Waals surface area contributed by atoms with Crippen molar-refractivity contribution in [2.75, 3.05) is 20.2 Å². The lowest BCUT2D eigenvalue weighted by atomic mass is 9.75. The average molecular weight is 349 g/mol. The zero-order valence-corrected chi connectivity index (χ0v) is 17.3. The van der Waals surface area contributed by atoms with Gasteiger partial charge >= 0.3 is 0 Å². The highest BCUT2D eigenvalue weighted by atomic mass is 16.5. The summed E-state index contributed by atoms with van der Waals surface area (Å²) in [6, 6.07) is 2.22. The molecule has 0 radical (unpaired) electrons. The van der Waals surface area contributed by atoms with Gasteiger partial charge in [-0.1, -0.05) is 47.6 Å². The Bertz CT molecular complexity index is 608. The van der Waals surface area contributed by atoms with Crippen LogP contribution >= 0.6 is 0 Å². The molecule has 0 aliphatic carbocycles. The summed E-state index contributed by atoms with van der Waals surface area (Å²) >= 11 is 0. The van der Waals surface area contributed by atoms with E-state index in [0.717, 1.165) is 12.2 Å².